The fourth-order valence-electron chi connectivity index (χ4n) is 2.98. The highest BCUT2D eigenvalue weighted by molar-refractivity contribution is 5.98. The Hall–Kier alpha value is -2.12. The Balaban J connectivity index is 1.41. The van der Waals surface area contributed by atoms with Crippen molar-refractivity contribution in [2.45, 2.75) is 63.8 Å². The van der Waals surface area contributed by atoms with Gasteiger partial charge in [-0.1, -0.05) is 12.1 Å². The Morgan fingerprint density at radius 1 is 1.26 bits per heavy atom. The first-order valence-electron chi connectivity index (χ1n) is 9.76. The third kappa shape index (κ3) is 6.84. The van der Waals surface area contributed by atoms with Crippen molar-refractivity contribution in [2.24, 2.45) is 0 Å². The summed E-state index contributed by atoms with van der Waals surface area (Å²) in [6.45, 7) is 3.65. The van der Waals surface area contributed by atoms with Crippen LogP contribution in [0, 0.1) is 0 Å². The second-order valence-electron chi connectivity index (χ2n) is 7.31. The van der Waals surface area contributed by atoms with E-state index in [1.54, 1.807) is 6.92 Å². The molecule has 1 aliphatic heterocycles. The van der Waals surface area contributed by atoms with E-state index in [1.807, 2.05) is 24.3 Å². The number of anilines is 1. The first-order chi connectivity index (χ1) is 13.1. The number of carbonyl (C=O) groups excluding carboxylic acids is 2. The number of amides is 3. The zero-order valence-corrected chi connectivity index (χ0v) is 15.8. The molecule has 3 amide bonds. The zero-order chi connectivity index (χ0) is 19.1. The Morgan fingerprint density at radius 3 is 2.85 bits per heavy atom. The SMILES string of the molecule is CC(Nc1cccc(COCC2CCCCO2)c1)C(=O)NC(=O)NC1CC1. The average Bonchev–Trinajstić information content (AvgIpc) is 3.46. The zero-order valence-electron chi connectivity index (χ0n) is 15.8. The predicted molar refractivity (Wildman–Crippen MR) is 102 cm³/mol. The maximum Gasteiger partial charge on any atom is 0.321 e. The summed E-state index contributed by atoms with van der Waals surface area (Å²) in [7, 11) is 0. The van der Waals surface area contributed by atoms with Crippen molar-refractivity contribution in [1.29, 1.82) is 0 Å². The summed E-state index contributed by atoms with van der Waals surface area (Å²) >= 11 is 0. The number of hydrogen-bond acceptors (Lipinski definition) is 5. The lowest BCUT2D eigenvalue weighted by atomic mass is 10.1. The summed E-state index contributed by atoms with van der Waals surface area (Å²) in [5.74, 6) is -0.357. The Kier molecular flexibility index (Phi) is 7.06. The summed E-state index contributed by atoms with van der Waals surface area (Å²) in [6, 6.07) is 7.02. The maximum atomic E-state index is 12.1. The summed E-state index contributed by atoms with van der Waals surface area (Å²) in [5.41, 5.74) is 1.84. The van der Waals surface area contributed by atoms with E-state index in [0.717, 1.165) is 43.5 Å². The van der Waals surface area contributed by atoms with Crippen LogP contribution in [0.4, 0.5) is 10.5 Å². The van der Waals surface area contributed by atoms with Crippen LogP contribution in [0.15, 0.2) is 24.3 Å². The largest absolute Gasteiger partial charge is 0.376 e. The third-order valence-corrected chi connectivity index (χ3v) is 4.70. The second-order valence-corrected chi connectivity index (χ2v) is 7.31. The topological polar surface area (TPSA) is 88.7 Å². The monoisotopic (exact) mass is 375 g/mol. The minimum atomic E-state index is -0.526. The molecule has 1 heterocycles. The van der Waals surface area contributed by atoms with Crippen LogP contribution in [0.1, 0.15) is 44.6 Å². The van der Waals surface area contributed by atoms with Gasteiger partial charge in [-0.15, -0.1) is 0 Å². The average molecular weight is 375 g/mol. The molecular formula is C20H29N3O4. The molecule has 2 aliphatic rings. The Morgan fingerprint density at radius 2 is 2.11 bits per heavy atom. The van der Waals surface area contributed by atoms with Crippen LogP contribution in [-0.4, -0.2) is 43.3 Å². The molecule has 0 spiro atoms. The third-order valence-electron chi connectivity index (χ3n) is 4.70. The highest BCUT2D eigenvalue weighted by Crippen LogP contribution is 2.18. The van der Waals surface area contributed by atoms with Gasteiger partial charge in [0, 0.05) is 18.3 Å². The van der Waals surface area contributed by atoms with E-state index in [1.165, 1.54) is 6.42 Å². The standard InChI is InChI=1S/C20H29N3O4/c1-14(19(24)23-20(25)22-16-8-9-16)21-17-6-4-5-15(11-17)12-26-13-18-7-2-3-10-27-18/h4-6,11,14,16,18,21H,2-3,7-10,12-13H2,1H3,(H2,22,23,24,25). The molecule has 1 saturated carbocycles. The van der Waals surface area contributed by atoms with Crippen molar-refractivity contribution in [3.8, 4) is 0 Å². The van der Waals surface area contributed by atoms with Crippen LogP contribution in [0.25, 0.3) is 0 Å². The molecule has 2 fully saturated rings. The second kappa shape index (κ2) is 9.71. The highest BCUT2D eigenvalue weighted by atomic mass is 16.5. The van der Waals surface area contributed by atoms with Crippen LogP contribution in [0.2, 0.25) is 0 Å². The van der Waals surface area contributed by atoms with Crippen molar-refractivity contribution in [3.63, 3.8) is 0 Å². The molecule has 1 saturated heterocycles. The molecule has 1 aliphatic carbocycles. The fourth-order valence-corrected chi connectivity index (χ4v) is 2.98. The van der Waals surface area contributed by atoms with Crippen molar-refractivity contribution in [2.75, 3.05) is 18.5 Å². The smallest absolute Gasteiger partial charge is 0.321 e. The van der Waals surface area contributed by atoms with Crippen LogP contribution in [0.3, 0.4) is 0 Å². The van der Waals surface area contributed by atoms with Gasteiger partial charge in [0.15, 0.2) is 0 Å². The molecular weight excluding hydrogens is 346 g/mol. The number of benzene rings is 1. The molecule has 148 valence electrons. The number of urea groups is 1. The van der Waals surface area contributed by atoms with E-state index >= 15 is 0 Å². The van der Waals surface area contributed by atoms with Gasteiger partial charge >= 0.3 is 6.03 Å². The number of carbonyl (C=O) groups is 2. The molecule has 27 heavy (non-hydrogen) atoms. The quantitative estimate of drug-likeness (QED) is 0.650. The van der Waals surface area contributed by atoms with Gasteiger partial charge in [-0.2, -0.15) is 0 Å². The number of imide groups is 1. The van der Waals surface area contributed by atoms with Crippen LogP contribution in [-0.2, 0) is 20.9 Å². The van der Waals surface area contributed by atoms with E-state index < -0.39 is 12.1 Å². The molecule has 3 rings (SSSR count). The van der Waals surface area contributed by atoms with Gasteiger partial charge < -0.3 is 20.1 Å². The first-order valence-corrected chi connectivity index (χ1v) is 9.76. The molecule has 7 nitrogen and oxygen atoms in total. The summed E-state index contributed by atoms with van der Waals surface area (Å²) < 4.78 is 11.4. The van der Waals surface area contributed by atoms with Gasteiger partial charge in [-0.25, -0.2) is 4.79 Å². The number of nitrogens with one attached hydrogen (secondary N) is 3. The molecule has 0 radical (unpaired) electrons. The van der Waals surface area contributed by atoms with Crippen molar-refractivity contribution in [3.05, 3.63) is 29.8 Å². The summed E-state index contributed by atoms with van der Waals surface area (Å²) in [4.78, 5) is 23.8. The van der Waals surface area contributed by atoms with Crippen LogP contribution in [0.5, 0.6) is 0 Å². The van der Waals surface area contributed by atoms with E-state index in [2.05, 4.69) is 16.0 Å². The number of hydrogen-bond donors (Lipinski definition) is 3. The van der Waals surface area contributed by atoms with Crippen LogP contribution >= 0.6 is 0 Å². The number of rotatable bonds is 8. The number of ether oxygens (including phenoxy) is 2. The fraction of sp³-hybridized carbons (Fsp3) is 0.600. The molecule has 0 bridgehead atoms. The van der Waals surface area contributed by atoms with Crippen LogP contribution < -0.4 is 16.0 Å². The molecule has 3 N–H and O–H groups in total. The van der Waals surface area contributed by atoms with Gasteiger partial charge in [-0.3, -0.25) is 10.1 Å². The molecule has 1 aromatic rings. The highest BCUT2D eigenvalue weighted by Gasteiger charge is 2.25. The molecule has 2 unspecified atom stereocenters. The normalized spacial score (nSPS) is 20.6. The van der Waals surface area contributed by atoms with Crippen molar-refractivity contribution >= 4 is 17.6 Å². The van der Waals surface area contributed by atoms with Crippen molar-refractivity contribution in [1.82, 2.24) is 10.6 Å². The Labute approximate surface area is 160 Å². The minimum absolute atomic E-state index is 0.200. The summed E-state index contributed by atoms with van der Waals surface area (Å²) in [5, 5.41) is 8.23. The molecule has 0 aromatic heterocycles. The van der Waals surface area contributed by atoms with Gasteiger partial charge in [0.25, 0.3) is 0 Å². The molecule has 7 heteroatoms. The maximum absolute atomic E-state index is 12.1. The lowest BCUT2D eigenvalue weighted by Crippen LogP contribution is -2.46. The van der Waals surface area contributed by atoms with E-state index in [4.69, 9.17) is 9.47 Å². The predicted octanol–water partition coefficient (Wildman–Crippen LogP) is 2.56. The van der Waals surface area contributed by atoms with Crippen molar-refractivity contribution < 1.29 is 19.1 Å². The van der Waals surface area contributed by atoms with E-state index in [9.17, 15) is 9.59 Å². The summed E-state index contributed by atoms with van der Waals surface area (Å²) in [6.07, 6.45) is 5.56. The van der Waals surface area contributed by atoms with E-state index in [0.29, 0.717) is 13.2 Å². The van der Waals surface area contributed by atoms with Gasteiger partial charge in [0.2, 0.25) is 5.91 Å². The Bertz CT molecular complexity index is 642. The lowest BCUT2D eigenvalue weighted by molar-refractivity contribution is -0.120. The van der Waals surface area contributed by atoms with Gasteiger partial charge in [0.05, 0.1) is 19.3 Å². The lowest BCUT2D eigenvalue weighted by Gasteiger charge is -2.22. The van der Waals surface area contributed by atoms with Gasteiger partial charge in [0.1, 0.15) is 6.04 Å². The van der Waals surface area contributed by atoms with E-state index in [-0.39, 0.29) is 18.1 Å². The van der Waals surface area contributed by atoms with Gasteiger partial charge in [-0.05, 0) is 56.7 Å². The molecule has 1 aromatic carbocycles. The minimum Gasteiger partial charge on any atom is -0.376 e. The first kappa shape index (κ1) is 19.6. The molecule has 2 atom stereocenters.